The number of morpholine rings is 1. The summed E-state index contributed by atoms with van der Waals surface area (Å²) in [5, 5.41) is 8.86. The number of unbranched alkanes of at least 4 members (excludes halogenated alkanes) is 1. The van der Waals surface area contributed by atoms with Gasteiger partial charge < -0.3 is 9.84 Å². The molecule has 0 bridgehead atoms. The van der Waals surface area contributed by atoms with Gasteiger partial charge in [0.05, 0.1) is 19.6 Å². The normalized spacial score (nSPS) is 20.1. The van der Waals surface area contributed by atoms with Crippen LogP contribution in [0.15, 0.2) is 0 Å². The standard InChI is InChI=1S/C11H21NO3/c1-2-3-4-10(9-11(13)14)12-5-7-15-8-6-12/h10H,2-9H2,1H3,(H,13,14). The molecule has 0 aromatic carbocycles. The van der Waals surface area contributed by atoms with E-state index in [4.69, 9.17) is 9.84 Å². The number of carboxylic acid groups (broad SMARTS) is 1. The molecule has 0 amide bonds. The van der Waals surface area contributed by atoms with Crippen molar-refractivity contribution in [2.24, 2.45) is 0 Å². The smallest absolute Gasteiger partial charge is 0.304 e. The summed E-state index contributed by atoms with van der Waals surface area (Å²) in [4.78, 5) is 13.0. The van der Waals surface area contributed by atoms with Gasteiger partial charge in [-0.2, -0.15) is 0 Å². The van der Waals surface area contributed by atoms with E-state index in [1.54, 1.807) is 0 Å². The zero-order chi connectivity index (χ0) is 11.1. The Morgan fingerprint density at radius 2 is 2.13 bits per heavy atom. The van der Waals surface area contributed by atoms with E-state index in [-0.39, 0.29) is 12.5 Å². The Balaban J connectivity index is 2.41. The first kappa shape index (κ1) is 12.5. The Kier molecular flexibility index (Phi) is 5.65. The molecule has 1 saturated heterocycles. The van der Waals surface area contributed by atoms with Gasteiger partial charge in [-0.15, -0.1) is 0 Å². The number of hydrogen-bond donors (Lipinski definition) is 1. The first-order valence-corrected chi connectivity index (χ1v) is 5.77. The van der Waals surface area contributed by atoms with Crippen molar-refractivity contribution in [3.63, 3.8) is 0 Å². The van der Waals surface area contributed by atoms with Crippen molar-refractivity contribution in [2.75, 3.05) is 26.3 Å². The Bertz CT molecular complexity index is 190. The molecule has 1 heterocycles. The van der Waals surface area contributed by atoms with Crippen LogP contribution in [0.3, 0.4) is 0 Å². The maximum absolute atomic E-state index is 10.8. The third kappa shape index (κ3) is 4.62. The third-order valence-electron chi connectivity index (χ3n) is 2.86. The minimum atomic E-state index is -0.692. The molecule has 4 heteroatoms. The van der Waals surface area contributed by atoms with Crippen molar-refractivity contribution in [1.82, 2.24) is 4.90 Å². The fourth-order valence-corrected chi connectivity index (χ4v) is 2.00. The highest BCUT2D eigenvalue weighted by atomic mass is 16.5. The Hall–Kier alpha value is -0.610. The van der Waals surface area contributed by atoms with Crippen LogP contribution in [-0.2, 0) is 9.53 Å². The van der Waals surface area contributed by atoms with Gasteiger partial charge in [-0.05, 0) is 6.42 Å². The molecule has 1 atom stereocenters. The molecule has 88 valence electrons. The Labute approximate surface area is 91.2 Å². The number of hydrogen-bond acceptors (Lipinski definition) is 3. The van der Waals surface area contributed by atoms with Gasteiger partial charge >= 0.3 is 5.97 Å². The molecule has 1 aliphatic heterocycles. The Morgan fingerprint density at radius 1 is 1.47 bits per heavy atom. The quantitative estimate of drug-likeness (QED) is 0.726. The summed E-state index contributed by atoms with van der Waals surface area (Å²) in [6.07, 6.45) is 3.48. The van der Waals surface area contributed by atoms with Crippen molar-refractivity contribution in [3.05, 3.63) is 0 Å². The molecule has 0 aromatic heterocycles. The molecule has 0 aliphatic carbocycles. The van der Waals surface area contributed by atoms with E-state index >= 15 is 0 Å². The second-order valence-electron chi connectivity index (χ2n) is 4.04. The fraction of sp³-hybridized carbons (Fsp3) is 0.909. The average molecular weight is 215 g/mol. The van der Waals surface area contributed by atoms with Crippen molar-refractivity contribution in [3.8, 4) is 0 Å². The van der Waals surface area contributed by atoms with E-state index in [1.807, 2.05) is 0 Å². The van der Waals surface area contributed by atoms with Crippen LogP contribution in [0.4, 0.5) is 0 Å². The molecular formula is C11H21NO3. The van der Waals surface area contributed by atoms with Gasteiger partial charge in [0.25, 0.3) is 0 Å². The van der Waals surface area contributed by atoms with Gasteiger partial charge in [0.1, 0.15) is 0 Å². The minimum absolute atomic E-state index is 0.200. The lowest BCUT2D eigenvalue weighted by Crippen LogP contribution is -2.44. The first-order valence-electron chi connectivity index (χ1n) is 5.77. The second kappa shape index (κ2) is 6.80. The topological polar surface area (TPSA) is 49.8 Å². The molecule has 15 heavy (non-hydrogen) atoms. The van der Waals surface area contributed by atoms with E-state index in [1.165, 1.54) is 0 Å². The summed E-state index contributed by atoms with van der Waals surface area (Å²) in [6, 6.07) is 0.200. The summed E-state index contributed by atoms with van der Waals surface area (Å²) in [6.45, 7) is 5.37. The highest BCUT2D eigenvalue weighted by Gasteiger charge is 2.22. The second-order valence-corrected chi connectivity index (χ2v) is 4.04. The zero-order valence-corrected chi connectivity index (χ0v) is 9.45. The van der Waals surface area contributed by atoms with Crippen LogP contribution < -0.4 is 0 Å². The third-order valence-corrected chi connectivity index (χ3v) is 2.86. The summed E-state index contributed by atoms with van der Waals surface area (Å²) >= 11 is 0. The van der Waals surface area contributed by atoms with Gasteiger partial charge in [0.15, 0.2) is 0 Å². The maximum Gasteiger partial charge on any atom is 0.304 e. The number of rotatable bonds is 6. The largest absolute Gasteiger partial charge is 0.481 e. The molecule has 0 spiro atoms. The highest BCUT2D eigenvalue weighted by molar-refractivity contribution is 5.67. The van der Waals surface area contributed by atoms with Crippen LogP contribution in [-0.4, -0.2) is 48.3 Å². The van der Waals surface area contributed by atoms with Crippen LogP contribution in [0.1, 0.15) is 32.6 Å². The molecular weight excluding hydrogens is 194 g/mol. The van der Waals surface area contributed by atoms with E-state index in [0.717, 1.165) is 45.6 Å². The molecule has 0 saturated carbocycles. The highest BCUT2D eigenvalue weighted by Crippen LogP contribution is 2.14. The van der Waals surface area contributed by atoms with E-state index in [0.29, 0.717) is 0 Å². The lowest BCUT2D eigenvalue weighted by Gasteiger charge is -2.33. The van der Waals surface area contributed by atoms with E-state index in [2.05, 4.69) is 11.8 Å². The minimum Gasteiger partial charge on any atom is -0.481 e. The lowest BCUT2D eigenvalue weighted by molar-refractivity contribution is -0.139. The van der Waals surface area contributed by atoms with Crippen molar-refractivity contribution < 1.29 is 14.6 Å². The summed E-state index contributed by atoms with van der Waals surface area (Å²) in [7, 11) is 0. The summed E-state index contributed by atoms with van der Waals surface area (Å²) < 4.78 is 5.27. The van der Waals surface area contributed by atoms with E-state index < -0.39 is 5.97 Å². The molecule has 4 nitrogen and oxygen atoms in total. The van der Waals surface area contributed by atoms with Crippen molar-refractivity contribution in [1.29, 1.82) is 0 Å². The number of aliphatic carboxylic acids is 1. The molecule has 1 N–H and O–H groups in total. The van der Waals surface area contributed by atoms with Crippen LogP contribution in [0, 0.1) is 0 Å². The molecule has 1 rings (SSSR count). The fourth-order valence-electron chi connectivity index (χ4n) is 2.00. The summed E-state index contributed by atoms with van der Waals surface area (Å²) in [5.41, 5.74) is 0. The van der Waals surface area contributed by atoms with Gasteiger partial charge in [0, 0.05) is 19.1 Å². The zero-order valence-electron chi connectivity index (χ0n) is 9.45. The predicted octanol–water partition coefficient (Wildman–Crippen LogP) is 1.35. The maximum atomic E-state index is 10.8. The number of ether oxygens (including phenoxy) is 1. The molecule has 1 fully saturated rings. The monoisotopic (exact) mass is 215 g/mol. The molecule has 0 radical (unpaired) electrons. The number of carboxylic acids is 1. The average Bonchev–Trinajstić information content (AvgIpc) is 2.25. The van der Waals surface area contributed by atoms with Gasteiger partial charge in [-0.1, -0.05) is 19.8 Å². The Morgan fingerprint density at radius 3 is 2.67 bits per heavy atom. The molecule has 0 aromatic rings. The predicted molar refractivity (Wildman–Crippen MR) is 58.0 cm³/mol. The van der Waals surface area contributed by atoms with Crippen LogP contribution in [0.25, 0.3) is 0 Å². The van der Waals surface area contributed by atoms with Crippen LogP contribution in [0.2, 0.25) is 0 Å². The van der Waals surface area contributed by atoms with Gasteiger partial charge in [0.2, 0.25) is 0 Å². The van der Waals surface area contributed by atoms with Crippen molar-refractivity contribution >= 4 is 5.97 Å². The van der Waals surface area contributed by atoms with Gasteiger partial charge in [-0.25, -0.2) is 0 Å². The molecule has 1 unspecified atom stereocenters. The number of carbonyl (C=O) groups is 1. The van der Waals surface area contributed by atoms with Gasteiger partial charge in [-0.3, -0.25) is 9.69 Å². The SMILES string of the molecule is CCCCC(CC(=O)O)N1CCOCC1. The number of nitrogens with zero attached hydrogens (tertiary/aromatic N) is 1. The summed E-state index contributed by atoms with van der Waals surface area (Å²) in [5.74, 6) is -0.692. The van der Waals surface area contributed by atoms with Crippen molar-refractivity contribution in [2.45, 2.75) is 38.6 Å². The first-order chi connectivity index (χ1) is 7.24. The molecule has 1 aliphatic rings. The van der Waals surface area contributed by atoms with E-state index in [9.17, 15) is 4.79 Å². The van der Waals surface area contributed by atoms with Crippen LogP contribution >= 0.6 is 0 Å². The van der Waals surface area contributed by atoms with Crippen LogP contribution in [0.5, 0.6) is 0 Å². The lowest BCUT2D eigenvalue weighted by atomic mass is 10.0.